The van der Waals surface area contributed by atoms with Crippen molar-refractivity contribution in [3.63, 3.8) is 0 Å². The molecule has 0 unspecified atom stereocenters. The number of hydrogen-bond donors (Lipinski definition) is 2. The predicted octanol–water partition coefficient (Wildman–Crippen LogP) is 2.34. The summed E-state index contributed by atoms with van der Waals surface area (Å²) >= 11 is 5.99. The first-order valence-electron chi connectivity index (χ1n) is 5.02. The molecular weight excluding hydrogens is 226 g/mol. The molecule has 0 saturated carbocycles. The fourth-order valence-electron chi connectivity index (χ4n) is 1.30. The Kier molecular flexibility index (Phi) is 4.01. The van der Waals surface area contributed by atoms with E-state index in [0.29, 0.717) is 22.8 Å². The number of carbonyl (C=O) groups is 1. The highest BCUT2D eigenvalue weighted by Crippen LogP contribution is 2.32. The molecule has 16 heavy (non-hydrogen) atoms. The van der Waals surface area contributed by atoms with E-state index in [-0.39, 0.29) is 5.91 Å². The summed E-state index contributed by atoms with van der Waals surface area (Å²) in [6.07, 6.45) is 0.415. The number of rotatable bonds is 3. The topological polar surface area (TPSA) is 58.4 Å². The molecule has 4 nitrogen and oxygen atoms in total. The lowest BCUT2D eigenvalue weighted by molar-refractivity contribution is -0.115. The number of halogens is 1. The van der Waals surface area contributed by atoms with Crippen LogP contribution in [-0.2, 0) is 4.79 Å². The number of benzene rings is 1. The van der Waals surface area contributed by atoms with Crippen LogP contribution in [0.1, 0.15) is 13.3 Å². The van der Waals surface area contributed by atoms with Crippen LogP contribution in [0.4, 0.5) is 17.1 Å². The average Bonchev–Trinajstić information content (AvgIpc) is 2.21. The lowest BCUT2D eigenvalue weighted by Crippen LogP contribution is -2.14. The molecule has 5 heteroatoms. The second kappa shape index (κ2) is 5.07. The van der Waals surface area contributed by atoms with Crippen LogP contribution in [0.25, 0.3) is 0 Å². The standard InChI is InChI=1S/C11H16ClN3O/c1-4-11(16)14-9-6-10(15(2)3)8(13)5-7(9)12/h5-6H,4,13H2,1-3H3,(H,14,16). The number of carbonyl (C=O) groups excluding carboxylic acids is 1. The minimum atomic E-state index is -0.0728. The molecule has 0 aliphatic carbocycles. The van der Waals surface area contributed by atoms with Crippen molar-refractivity contribution < 1.29 is 4.79 Å². The van der Waals surface area contributed by atoms with Gasteiger partial charge in [-0.15, -0.1) is 0 Å². The molecule has 3 N–H and O–H groups in total. The quantitative estimate of drug-likeness (QED) is 0.799. The van der Waals surface area contributed by atoms with Crippen LogP contribution >= 0.6 is 11.6 Å². The van der Waals surface area contributed by atoms with Crippen molar-refractivity contribution in [2.45, 2.75) is 13.3 Å². The number of nitrogens with two attached hydrogens (primary N) is 1. The fraction of sp³-hybridized carbons (Fsp3) is 0.364. The first-order chi connectivity index (χ1) is 7.45. The summed E-state index contributed by atoms with van der Waals surface area (Å²) in [6, 6.07) is 3.41. The van der Waals surface area contributed by atoms with Gasteiger partial charge in [-0.25, -0.2) is 0 Å². The van der Waals surface area contributed by atoms with E-state index in [1.165, 1.54) is 0 Å². The van der Waals surface area contributed by atoms with E-state index in [1.807, 2.05) is 19.0 Å². The minimum absolute atomic E-state index is 0.0728. The van der Waals surface area contributed by atoms with Crippen LogP contribution in [0.3, 0.4) is 0 Å². The van der Waals surface area contributed by atoms with Crippen molar-refractivity contribution in [3.8, 4) is 0 Å². The van der Waals surface area contributed by atoms with Gasteiger partial charge in [-0.05, 0) is 12.1 Å². The maximum absolute atomic E-state index is 11.3. The molecule has 1 aromatic carbocycles. The van der Waals surface area contributed by atoms with E-state index in [0.717, 1.165) is 5.69 Å². The van der Waals surface area contributed by atoms with Crippen LogP contribution < -0.4 is 16.0 Å². The van der Waals surface area contributed by atoms with Gasteiger partial charge in [0.1, 0.15) is 0 Å². The SMILES string of the molecule is CCC(=O)Nc1cc(N(C)C)c(N)cc1Cl. The fourth-order valence-corrected chi connectivity index (χ4v) is 1.52. The monoisotopic (exact) mass is 241 g/mol. The highest BCUT2D eigenvalue weighted by molar-refractivity contribution is 6.34. The highest BCUT2D eigenvalue weighted by Gasteiger charge is 2.09. The minimum Gasteiger partial charge on any atom is -0.397 e. The molecule has 0 aliphatic heterocycles. The molecule has 0 aromatic heterocycles. The van der Waals surface area contributed by atoms with Gasteiger partial charge in [0.2, 0.25) is 5.91 Å². The molecule has 0 bridgehead atoms. The number of amides is 1. The van der Waals surface area contributed by atoms with Crippen molar-refractivity contribution in [1.82, 2.24) is 0 Å². The summed E-state index contributed by atoms with van der Waals surface area (Å²) < 4.78 is 0. The lowest BCUT2D eigenvalue weighted by Gasteiger charge is -2.17. The summed E-state index contributed by atoms with van der Waals surface area (Å²) in [5.74, 6) is -0.0728. The molecule has 1 rings (SSSR count). The Morgan fingerprint density at radius 2 is 2.12 bits per heavy atom. The van der Waals surface area contributed by atoms with Crippen LogP contribution in [0, 0.1) is 0 Å². The van der Waals surface area contributed by atoms with Crippen molar-refractivity contribution in [2.75, 3.05) is 30.0 Å². The van der Waals surface area contributed by atoms with Crippen molar-refractivity contribution in [2.24, 2.45) is 0 Å². The molecular formula is C11H16ClN3O. The maximum Gasteiger partial charge on any atom is 0.224 e. The van der Waals surface area contributed by atoms with Crippen LogP contribution in [0.2, 0.25) is 5.02 Å². The van der Waals surface area contributed by atoms with Crippen LogP contribution in [0.5, 0.6) is 0 Å². The largest absolute Gasteiger partial charge is 0.397 e. The molecule has 0 fully saturated rings. The lowest BCUT2D eigenvalue weighted by atomic mass is 10.2. The number of hydrogen-bond acceptors (Lipinski definition) is 3. The molecule has 0 aliphatic rings. The highest BCUT2D eigenvalue weighted by atomic mass is 35.5. The normalized spacial score (nSPS) is 10.0. The zero-order valence-corrected chi connectivity index (χ0v) is 10.4. The maximum atomic E-state index is 11.3. The van der Waals surface area contributed by atoms with Gasteiger partial charge in [0.05, 0.1) is 22.1 Å². The third-order valence-electron chi connectivity index (χ3n) is 2.19. The Morgan fingerprint density at radius 1 is 1.50 bits per heavy atom. The van der Waals surface area contributed by atoms with Gasteiger partial charge in [0.25, 0.3) is 0 Å². The summed E-state index contributed by atoms with van der Waals surface area (Å²) in [5.41, 5.74) is 7.82. The number of anilines is 3. The summed E-state index contributed by atoms with van der Waals surface area (Å²) in [6.45, 7) is 1.79. The van der Waals surface area contributed by atoms with E-state index in [4.69, 9.17) is 17.3 Å². The van der Waals surface area contributed by atoms with E-state index in [2.05, 4.69) is 5.32 Å². The van der Waals surface area contributed by atoms with E-state index in [9.17, 15) is 4.79 Å². The van der Waals surface area contributed by atoms with E-state index >= 15 is 0 Å². The van der Waals surface area contributed by atoms with Crippen molar-refractivity contribution >= 4 is 34.6 Å². The first-order valence-corrected chi connectivity index (χ1v) is 5.39. The van der Waals surface area contributed by atoms with Gasteiger partial charge in [0, 0.05) is 20.5 Å². The predicted molar refractivity (Wildman–Crippen MR) is 69.1 cm³/mol. The third-order valence-corrected chi connectivity index (χ3v) is 2.51. The van der Waals surface area contributed by atoms with Crippen LogP contribution in [0.15, 0.2) is 12.1 Å². The van der Waals surface area contributed by atoms with Gasteiger partial charge in [0.15, 0.2) is 0 Å². The molecule has 0 saturated heterocycles. The van der Waals surface area contributed by atoms with Crippen molar-refractivity contribution in [3.05, 3.63) is 17.2 Å². The van der Waals surface area contributed by atoms with E-state index < -0.39 is 0 Å². The molecule has 1 aromatic rings. The van der Waals surface area contributed by atoms with Crippen LogP contribution in [-0.4, -0.2) is 20.0 Å². The molecule has 0 heterocycles. The zero-order valence-electron chi connectivity index (χ0n) is 9.67. The van der Waals surface area contributed by atoms with Crippen molar-refractivity contribution in [1.29, 1.82) is 0 Å². The molecule has 0 radical (unpaired) electrons. The Balaban J connectivity index is 3.09. The Labute approximate surface area is 100 Å². The van der Waals surface area contributed by atoms with Gasteiger partial charge >= 0.3 is 0 Å². The molecule has 0 atom stereocenters. The van der Waals surface area contributed by atoms with Gasteiger partial charge in [-0.1, -0.05) is 18.5 Å². The van der Waals surface area contributed by atoms with E-state index in [1.54, 1.807) is 19.1 Å². The molecule has 88 valence electrons. The summed E-state index contributed by atoms with van der Waals surface area (Å²) in [5, 5.41) is 3.18. The first kappa shape index (κ1) is 12.6. The second-order valence-electron chi connectivity index (χ2n) is 3.69. The molecule has 1 amide bonds. The Bertz CT molecular complexity index is 404. The average molecular weight is 242 g/mol. The summed E-state index contributed by atoms with van der Waals surface area (Å²) in [7, 11) is 3.76. The number of nitrogens with one attached hydrogen (secondary N) is 1. The second-order valence-corrected chi connectivity index (χ2v) is 4.09. The third kappa shape index (κ3) is 2.79. The smallest absolute Gasteiger partial charge is 0.224 e. The Morgan fingerprint density at radius 3 is 2.62 bits per heavy atom. The van der Waals surface area contributed by atoms with Gasteiger partial charge < -0.3 is 16.0 Å². The molecule has 0 spiro atoms. The number of nitrogens with zero attached hydrogens (tertiary/aromatic N) is 1. The summed E-state index contributed by atoms with van der Waals surface area (Å²) in [4.78, 5) is 13.2. The van der Waals surface area contributed by atoms with Gasteiger partial charge in [-0.2, -0.15) is 0 Å². The number of nitrogen functional groups attached to an aromatic ring is 1. The Hall–Kier alpha value is -1.42. The van der Waals surface area contributed by atoms with Gasteiger partial charge in [-0.3, -0.25) is 4.79 Å². The zero-order chi connectivity index (χ0) is 12.3.